The van der Waals surface area contributed by atoms with Crippen LogP contribution in [-0.2, 0) is 0 Å². The molecule has 2 aromatic carbocycles. The van der Waals surface area contributed by atoms with Crippen molar-refractivity contribution in [1.29, 1.82) is 0 Å². The van der Waals surface area contributed by atoms with Crippen molar-refractivity contribution in [1.82, 2.24) is 0 Å². The molecule has 7 heteroatoms. The predicted octanol–water partition coefficient (Wildman–Crippen LogP) is 4.64. The Morgan fingerprint density at radius 1 is 1.10 bits per heavy atom. The van der Waals surface area contributed by atoms with Gasteiger partial charge in [0.15, 0.2) is 5.84 Å². The molecule has 104 valence electrons. The lowest BCUT2D eigenvalue weighted by molar-refractivity contribution is 0.318. The first kappa shape index (κ1) is 15.0. The molecule has 0 unspecified atom stereocenters. The van der Waals surface area contributed by atoms with E-state index in [4.69, 9.17) is 38.9 Å². The fraction of sp³-hybridized carbons (Fsp3) is 0. The van der Waals surface area contributed by atoms with Crippen molar-refractivity contribution < 1.29 is 9.94 Å². The molecule has 20 heavy (non-hydrogen) atoms. The molecule has 0 amide bonds. The highest BCUT2D eigenvalue weighted by molar-refractivity contribution is 9.10. The van der Waals surface area contributed by atoms with Crippen LogP contribution in [0.4, 0.5) is 0 Å². The van der Waals surface area contributed by atoms with Gasteiger partial charge in [-0.15, -0.1) is 0 Å². The smallest absolute Gasteiger partial charge is 0.173 e. The van der Waals surface area contributed by atoms with Crippen LogP contribution in [0.1, 0.15) is 5.56 Å². The van der Waals surface area contributed by atoms with Gasteiger partial charge < -0.3 is 15.7 Å². The largest absolute Gasteiger partial charge is 0.455 e. The molecule has 3 N–H and O–H groups in total. The van der Waals surface area contributed by atoms with E-state index in [9.17, 15) is 0 Å². The second kappa shape index (κ2) is 6.35. The van der Waals surface area contributed by atoms with Crippen molar-refractivity contribution in [3.63, 3.8) is 0 Å². The monoisotopic (exact) mass is 374 g/mol. The Morgan fingerprint density at radius 3 is 2.40 bits per heavy atom. The van der Waals surface area contributed by atoms with Gasteiger partial charge >= 0.3 is 0 Å². The third-order valence-electron chi connectivity index (χ3n) is 2.44. The Balaban J connectivity index is 2.44. The molecule has 0 bridgehead atoms. The molecular formula is C13H9BrCl2N2O2. The van der Waals surface area contributed by atoms with E-state index < -0.39 is 0 Å². The summed E-state index contributed by atoms with van der Waals surface area (Å²) >= 11 is 15.2. The Morgan fingerprint density at radius 2 is 1.75 bits per heavy atom. The van der Waals surface area contributed by atoms with Gasteiger partial charge in [0.25, 0.3) is 0 Å². The van der Waals surface area contributed by atoms with E-state index in [1.54, 1.807) is 36.4 Å². The van der Waals surface area contributed by atoms with Gasteiger partial charge in [-0.2, -0.15) is 0 Å². The van der Waals surface area contributed by atoms with Gasteiger partial charge in [0, 0.05) is 16.1 Å². The van der Waals surface area contributed by atoms with Crippen molar-refractivity contribution in [2.45, 2.75) is 0 Å². The number of oxime groups is 1. The number of ether oxygens (including phenoxy) is 1. The van der Waals surface area contributed by atoms with Gasteiger partial charge in [-0.05, 0) is 46.3 Å². The topological polar surface area (TPSA) is 67.8 Å². The van der Waals surface area contributed by atoms with Crippen molar-refractivity contribution >= 4 is 45.0 Å². The third-order valence-corrected chi connectivity index (χ3v) is 3.53. The lowest BCUT2D eigenvalue weighted by atomic mass is 10.2. The van der Waals surface area contributed by atoms with Gasteiger partial charge in [-0.1, -0.05) is 28.4 Å². The van der Waals surface area contributed by atoms with E-state index in [2.05, 4.69) is 21.1 Å². The average molecular weight is 376 g/mol. The first-order valence-corrected chi connectivity index (χ1v) is 6.96. The van der Waals surface area contributed by atoms with Crippen LogP contribution < -0.4 is 10.5 Å². The summed E-state index contributed by atoms with van der Waals surface area (Å²) in [7, 11) is 0. The van der Waals surface area contributed by atoms with E-state index in [1.807, 2.05) is 0 Å². The summed E-state index contributed by atoms with van der Waals surface area (Å²) in [4.78, 5) is 0. The van der Waals surface area contributed by atoms with Crippen LogP contribution in [0.15, 0.2) is 46.0 Å². The van der Waals surface area contributed by atoms with Crippen molar-refractivity contribution in [3.8, 4) is 11.5 Å². The van der Waals surface area contributed by atoms with Crippen LogP contribution >= 0.6 is 39.1 Å². The van der Waals surface area contributed by atoms with E-state index in [1.165, 1.54) is 0 Å². The molecule has 0 heterocycles. The maximum absolute atomic E-state index is 8.79. The molecule has 0 aliphatic heterocycles. The summed E-state index contributed by atoms with van der Waals surface area (Å²) in [6.45, 7) is 0. The van der Waals surface area contributed by atoms with Crippen LogP contribution in [0.2, 0.25) is 10.0 Å². The Hall–Kier alpha value is -1.43. The molecule has 0 atom stereocenters. The van der Waals surface area contributed by atoms with E-state index >= 15 is 0 Å². The van der Waals surface area contributed by atoms with Gasteiger partial charge in [0.05, 0.1) is 10.0 Å². The Kier molecular flexibility index (Phi) is 4.75. The van der Waals surface area contributed by atoms with Gasteiger partial charge in [0.2, 0.25) is 0 Å². The normalized spacial score (nSPS) is 11.4. The molecular weight excluding hydrogens is 367 g/mol. The predicted molar refractivity (Wildman–Crippen MR) is 83.2 cm³/mol. The molecule has 2 rings (SSSR count). The number of hydrogen-bond acceptors (Lipinski definition) is 3. The van der Waals surface area contributed by atoms with Crippen molar-refractivity contribution in [2.75, 3.05) is 0 Å². The van der Waals surface area contributed by atoms with Crippen molar-refractivity contribution in [3.05, 3.63) is 56.5 Å². The van der Waals surface area contributed by atoms with Crippen LogP contribution in [0.3, 0.4) is 0 Å². The minimum absolute atomic E-state index is 0.0678. The van der Waals surface area contributed by atoms with Crippen LogP contribution in [0.25, 0.3) is 0 Å². The van der Waals surface area contributed by atoms with Gasteiger partial charge in [0.1, 0.15) is 11.5 Å². The summed E-state index contributed by atoms with van der Waals surface area (Å²) in [5.74, 6) is 0.834. The quantitative estimate of drug-likeness (QED) is 0.355. The van der Waals surface area contributed by atoms with Gasteiger partial charge in [-0.25, -0.2) is 0 Å². The third kappa shape index (κ3) is 3.36. The first-order chi connectivity index (χ1) is 9.51. The summed E-state index contributed by atoms with van der Waals surface area (Å²) in [6, 6.07) is 9.90. The number of amidine groups is 1. The van der Waals surface area contributed by atoms with E-state index in [0.717, 1.165) is 0 Å². The Labute approximate surface area is 133 Å². The van der Waals surface area contributed by atoms with Crippen LogP contribution in [0, 0.1) is 0 Å². The molecule has 0 spiro atoms. The zero-order valence-electron chi connectivity index (χ0n) is 9.98. The molecule has 0 saturated carbocycles. The molecule has 0 fully saturated rings. The highest BCUT2D eigenvalue weighted by atomic mass is 79.9. The number of rotatable bonds is 3. The first-order valence-electron chi connectivity index (χ1n) is 5.41. The number of nitrogens with zero attached hydrogens (tertiary/aromatic N) is 1. The summed E-state index contributed by atoms with van der Waals surface area (Å²) in [5, 5.41) is 12.8. The second-order valence-corrected chi connectivity index (χ2v) is 5.53. The average Bonchev–Trinajstić information content (AvgIpc) is 2.41. The molecule has 2 aromatic rings. The number of benzene rings is 2. The summed E-state index contributed by atoms with van der Waals surface area (Å²) in [6.07, 6.45) is 0. The minimum Gasteiger partial charge on any atom is -0.455 e. The molecule has 0 aliphatic carbocycles. The minimum atomic E-state index is -0.0678. The van der Waals surface area contributed by atoms with Gasteiger partial charge in [-0.3, -0.25) is 0 Å². The lowest BCUT2D eigenvalue weighted by Gasteiger charge is -2.12. The molecule has 0 aliphatic rings. The van der Waals surface area contributed by atoms with Crippen LogP contribution in [0.5, 0.6) is 11.5 Å². The summed E-state index contributed by atoms with van der Waals surface area (Å²) in [5.41, 5.74) is 6.03. The number of halogens is 3. The number of nitrogens with two attached hydrogens (primary N) is 1. The summed E-state index contributed by atoms with van der Waals surface area (Å²) < 4.78 is 6.41. The zero-order valence-corrected chi connectivity index (χ0v) is 13.1. The molecule has 0 radical (unpaired) electrons. The standard InChI is InChI=1S/C13H9BrCl2N2O2/c14-10-5-7(15)2-4-11(10)20-12-6-8(16)1-3-9(12)13(17)18-19/h1-6,19H,(H2,17,18). The molecule has 4 nitrogen and oxygen atoms in total. The maximum atomic E-state index is 8.79. The zero-order chi connectivity index (χ0) is 14.7. The molecule has 0 saturated heterocycles. The fourth-order valence-electron chi connectivity index (χ4n) is 1.52. The number of hydrogen-bond donors (Lipinski definition) is 2. The van der Waals surface area contributed by atoms with Crippen molar-refractivity contribution in [2.24, 2.45) is 10.9 Å². The lowest BCUT2D eigenvalue weighted by Crippen LogP contribution is -2.14. The van der Waals surface area contributed by atoms with E-state index in [0.29, 0.717) is 31.6 Å². The second-order valence-electron chi connectivity index (χ2n) is 3.80. The van der Waals surface area contributed by atoms with E-state index in [-0.39, 0.29) is 5.84 Å². The highest BCUT2D eigenvalue weighted by Crippen LogP contribution is 2.34. The molecule has 0 aromatic heterocycles. The fourth-order valence-corrected chi connectivity index (χ4v) is 2.45. The Bertz CT molecular complexity index is 677. The van der Waals surface area contributed by atoms with Crippen LogP contribution in [-0.4, -0.2) is 11.0 Å². The maximum Gasteiger partial charge on any atom is 0.173 e. The SMILES string of the molecule is NC(=NO)c1ccc(Cl)cc1Oc1ccc(Cl)cc1Br. The highest BCUT2D eigenvalue weighted by Gasteiger charge is 2.12.